The molecule has 0 bridgehead atoms. The van der Waals surface area contributed by atoms with Gasteiger partial charge in [-0.1, -0.05) is 6.07 Å². The Morgan fingerprint density at radius 3 is 2.64 bits per heavy atom. The van der Waals surface area contributed by atoms with Crippen LogP contribution in [0.5, 0.6) is 0 Å². The SMILES string of the molecule is Cc1c(CN2CCC(Nc3ncnc4sc(CC(F)(F)F)cc34)CC2)ccc2c1cc(C#N)n2CCn1cnc(N)c1. The number of alkyl halides is 3. The molecule has 3 N–H and O–H groups in total. The third-order valence-corrected chi connectivity index (χ3v) is 8.94. The summed E-state index contributed by atoms with van der Waals surface area (Å²) in [6, 6.07) is 10.3. The molecule has 6 rings (SSSR count). The van der Waals surface area contributed by atoms with Crippen LogP contribution < -0.4 is 11.1 Å². The molecule has 5 heterocycles. The molecule has 5 aromatic rings. The quantitative estimate of drug-likeness (QED) is 0.245. The number of hydrogen-bond donors (Lipinski definition) is 2. The normalized spacial score (nSPS) is 15.0. The minimum absolute atomic E-state index is 0.173. The lowest BCUT2D eigenvalue weighted by molar-refractivity contribution is -0.126. The van der Waals surface area contributed by atoms with E-state index >= 15 is 0 Å². The van der Waals surface area contributed by atoms with E-state index in [2.05, 4.69) is 50.3 Å². The van der Waals surface area contributed by atoms with Gasteiger partial charge in [0.1, 0.15) is 34.6 Å². The Morgan fingerprint density at radius 1 is 1.12 bits per heavy atom. The van der Waals surface area contributed by atoms with E-state index in [-0.39, 0.29) is 10.9 Å². The first-order valence-corrected chi connectivity index (χ1v) is 14.6. The number of aromatic nitrogens is 5. The molecular weight excluding hydrogens is 563 g/mol. The summed E-state index contributed by atoms with van der Waals surface area (Å²) in [5, 5.41) is 15.0. The van der Waals surface area contributed by atoms with Crippen LogP contribution in [0.3, 0.4) is 0 Å². The van der Waals surface area contributed by atoms with Crippen molar-refractivity contribution in [3.8, 4) is 6.07 Å². The van der Waals surface area contributed by atoms with E-state index in [1.807, 2.05) is 15.2 Å². The molecule has 42 heavy (non-hydrogen) atoms. The Hall–Kier alpha value is -4.15. The monoisotopic (exact) mass is 593 g/mol. The zero-order valence-electron chi connectivity index (χ0n) is 23.0. The number of aryl methyl sites for hydroxylation is 3. The number of nitrogens with two attached hydrogens (primary N) is 1. The van der Waals surface area contributed by atoms with E-state index in [1.54, 1.807) is 18.6 Å². The van der Waals surface area contributed by atoms with Gasteiger partial charge in [0.25, 0.3) is 0 Å². The van der Waals surface area contributed by atoms with Gasteiger partial charge in [-0.25, -0.2) is 15.0 Å². The zero-order chi connectivity index (χ0) is 29.4. The van der Waals surface area contributed by atoms with E-state index < -0.39 is 12.6 Å². The molecule has 1 aliphatic rings. The summed E-state index contributed by atoms with van der Waals surface area (Å²) in [6.07, 6.45) is 1.45. The van der Waals surface area contributed by atoms with Crippen LogP contribution in [0.4, 0.5) is 24.8 Å². The summed E-state index contributed by atoms with van der Waals surface area (Å²) in [5.41, 5.74) is 9.79. The van der Waals surface area contributed by atoms with Crippen LogP contribution in [-0.4, -0.2) is 54.3 Å². The van der Waals surface area contributed by atoms with Gasteiger partial charge in [-0.2, -0.15) is 18.4 Å². The number of benzene rings is 1. The highest BCUT2D eigenvalue weighted by atomic mass is 32.1. The first-order valence-electron chi connectivity index (χ1n) is 13.7. The smallest absolute Gasteiger partial charge is 0.382 e. The summed E-state index contributed by atoms with van der Waals surface area (Å²) in [7, 11) is 0. The average Bonchev–Trinajstić information content (AvgIpc) is 3.65. The Kier molecular flexibility index (Phi) is 7.51. The molecular formula is C29H30F3N9S. The predicted molar refractivity (Wildman–Crippen MR) is 157 cm³/mol. The number of nitrogens with zero attached hydrogens (tertiary/aromatic N) is 7. The minimum atomic E-state index is -4.25. The fraction of sp³-hybridized carbons (Fsp3) is 0.379. The van der Waals surface area contributed by atoms with Crippen LogP contribution in [0.15, 0.2) is 43.1 Å². The average molecular weight is 594 g/mol. The fourth-order valence-electron chi connectivity index (χ4n) is 5.72. The molecule has 0 saturated carbocycles. The maximum absolute atomic E-state index is 12.9. The Labute approximate surface area is 244 Å². The molecule has 0 amide bonds. The molecule has 0 unspecified atom stereocenters. The summed E-state index contributed by atoms with van der Waals surface area (Å²) in [5.74, 6) is 1.07. The van der Waals surface area contributed by atoms with Crippen molar-refractivity contribution in [1.29, 1.82) is 5.26 Å². The lowest BCUT2D eigenvalue weighted by Crippen LogP contribution is -2.39. The zero-order valence-corrected chi connectivity index (χ0v) is 23.8. The van der Waals surface area contributed by atoms with Crippen LogP contribution in [0.25, 0.3) is 21.1 Å². The lowest BCUT2D eigenvalue weighted by Gasteiger charge is -2.33. The van der Waals surface area contributed by atoms with E-state index in [9.17, 15) is 18.4 Å². The minimum Gasteiger partial charge on any atom is -0.382 e. The maximum Gasteiger partial charge on any atom is 0.393 e. The van der Waals surface area contributed by atoms with Gasteiger partial charge in [-0.05, 0) is 49.1 Å². The third kappa shape index (κ3) is 5.91. The van der Waals surface area contributed by atoms with Gasteiger partial charge in [-0.3, -0.25) is 4.90 Å². The maximum atomic E-state index is 12.9. The molecule has 4 aromatic heterocycles. The van der Waals surface area contributed by atoms with Crippen LogP contribution >= 0.6 is 11.3 Å². The number of thiophene rings is 1. The number of nitriles is 1. The molecule has 218 valence electrons. The molecule has 1 aliphatic heterocycles. The van der Waals surface area contributed by atoms with E-state index in [0.717, 1.165) is 54.7 Å². The molecule has 1 saturated heterocycles. The number of anilines is 2. The van der Waals surface area contributed by atoms with Crippen molar-refractivity contribution in [2.24, 2.45) is 0 Å². The van der Waals surface area contributed by atoms with Crippen LogP contribution in [0, 0.1) is 18.3 Å². The number of nitrogens with one attached hydrogen (secondary N) is 1. The van der Waals surface area contributed by atoms with Crippen LogP contribution in [-0.2, 0) is 26.1 Å². The van der Waals surface area contributed by atoms with Gasteiger partial charge in [0.15, 0.2) is 0 Å². The van der Waals surface area contributed by atoms with Crippen LogP contribution in [0.2, 0.25) is 0 Å². The van der Waals surface area contributed by atoms with Crippen molar-refractivity contribution >= 4 is 44.1 Å². The topological polar surface area (TPSA) is 114 Å². The second-order valence-electron chi connectivity index (χ2n) is 10.8. The van der Waals surface area contributed by atoms with Crippen molar-refractivity contribution in [2.45, 2.75) is 58.0 Å². The van der Waals surface area contributed by atoms with E-state index in [1.165, 1.54) is 17.5 Å². The number of nitrogen functional groups attached to an aromatic ring is 1. The second kappa shape index (κ2) is 11.3. The van der Waals surface area contributed by atoms with Gasteiger partial charge in [0.05, 0.1) is 18.1 Å². The fourth-order valence-corrected chi connectivity index (χ4v) is 6.74. The van der Waals surface area contributed by atoms with Crippen molar-refractivity contribution < 1.29 is 13.2 Å². The highest BCUT2D eigenvalue weighted by Crippen LogP contribution is 2.33. The number of imidazole rings is 1. The molecule has 1 fully saturated rings. The van der Waals surface area contributed by atoms with Gasteiger partial charge < -0.3 is 20.2 Å². The third-order valence-electron chi connectivity index (χ3n) is 7.89. The van der Waals surface area contributed by atoms with Gasteiger partial charge in [-0.15, -0.1) is 11.3 Å². The van der Waals surface area contributed by atoms with Crippen LogP contribution in [0.1, 0.15) is 34.5 Å². The van der Waals surface area contributed by atoms with Gasteiger partial charge >= 0.3 is 6.18 Å². The second-order valence-corrected chi connectivity index (χ2v) is 11.9. The number of fused-ring (bicyclic) bond motifs is 2. The summed E-state index contributed by atoms with van der Waals surface area (Å²) in [4.78, 5) is 15.8. The Balaban J connectivity index is 1.10. The standard InChI is InChI=1S/C29H30F3N9S/c1-18-19(2-3-25-23(18)10-21(13-33)41(25)9-8-40-15-26(34)37-17-40)14-39-6-4-20(5-7-39)38-27-24-11-22(12-29(30,31)32)42-28(24)36-16-35-27/h2-3,10-11,15-17,20H,4-9,12,14,34H2,1H3,(H,35,36,38). The first kappa shape index (κ1) is 28.0. The molecule has 9 nitrogen and oxygen atoms in total. The van der Waals surface area contributed by atoms with E-state index in [4.69, 9.17) is 5.73 Å². The number of hydrogen-bond acceptors (Lipinski definition) is 8. The number of rotatable bonds is 8. The predicted octanol–water partition coefficient (Wildman–Crippen LogP) is 5.49. The number of piperidine rings is 1. The van der Waals surface area contributed by atoms with Gasteiger partial charge in [0.2, 0.25) is 0 Å². The largest absolute Gasteiger partial charge is 0.393 e. The highest BCUT2D eigenvalue weighted by molar-refractivity contribution is 7.18. The van der Waals surface area contributed by atoms with Crippen molar-refractivity contribution in [2.75, 3.05) is 24.1 Å². The first-order chi connectivity index (χ1) is 20.2. The van der Waals surface area contributed by atoms with Crippen molar-refractivity contribution in [3.05, 3.63) is 64.8 Å². The summed E-state index contributed by atoms with van der Waals surface area (Å²) < 4.78 is 42.6. The van der Waals surface area contributed by atoms with E-state index in [0.29, 0.717) is 40.6 Å². The number of halogens is 3. The summed E-state index contributed by atoms with van der Waals surface area (Å²) >= 11 is 1.06. The van der Waals surface area contributed by atoms with Crippen molar-refractivity contribution in [1.82, 2.24) is 29.0 Å². The molecule has 0 radical (unpaired) electrons. The van der Waals surface area contributed by atoms with Gasteiger partial charge in [0, 0.05) is 60.7 Å². The highest BCUT2D eigenvalue weighted by Gasteiger charge is 2.29. The molecule has 0 atom stereocenters. The number of likely N-dealkylation sites (tertiary alicyclic amines) is 1. The molecule has 1 aromatic carbocycles. The molecule has 0 spiro atoms. The van der Waals surface area contributed by atoms with Crippen molar-refractivity contribution in [3.63, 3.8) is 0 Å². The Morgan fingerprint density at radius 2 is 1.93 bits per heavy atom. The molecule has 13 heteroatoms. The lowest BCUT2D eigenvalue weighted by atomic mass is 10.0. The Bertz CT molecular complexity index is 1770. The summed E-state index contributed by atoms with van der Waals surface area (Å²) in [6.45, 7) is 5.97. The molecule has 0 aliphatic carbocycles.